The van der Waals surface area contributed by atoms with Crippen molar-refractivity contribution in [3.63, 3.8) is 0 Å². The summed E-state index contributed by atoms with van der Waals surface area (Å²) in [5.74, 6) is 0. The van der Waals surface area contributed by atoms with E-state index < -0.39 is 0 Å². The molecule has 3 rings (SSSR count). The van der Waals surface area contributed by atoms with Crippen LogP contribution in [-0.4, -0.2) is 21.5 Å². The molecule has 0 fully saturated rings. The molecule has 0 saturated heterocycles. The van der Waals surface area contributed by atoms with Crippen LogP contribution in [-0.2, 0) is 12.0 Å². The minimum atomic E-state index is -0.160. The summed E-state index contributed by atoms with van der Waals surface area (Å²) in [6.45, 7) is 6.87. The van der Waals surface area contributed by atoms with Gasteiger partial charge in [0, 0.05) is 23.8 Å². The van der Waals surface area contributed by atoms with Gasteiger partial charge in [0.05, 0.1) is 12.2 Å². The molecule has 2 amide bonds. The molecular formula is C19H24N4OS. The highest BCUT2D eigenvalue weighted by molar-refractivity contribution is 7.15. The zero-order valence-electron chi connectivity index (χ0n) is 14.8. The first-order valence-corrected chi connectivity index (χ1v) is 9.33. The number of amides is 2. The predicted octanol–water partition coefficient (Wildman–Crippen LogP) is 3.95. The highest BCUT2D eigenvalue weighted by Gasteiger charge is 2.23. The molecular weight excluding hydrogens is 332 g/mol. The van der Waals surface area contributed by atoms with Crippen molar-refractivity contribution in [3.8, 4) is 0 Å². The number of hydrogen-bond acceptors (Lipinski definition) is 3. The third-order valence-corrected chi connectivity index (χ3v) is 5.09. The number of carbonyl (C=O) groups excluding carboxylic acids is 1. The molecule has 0 radical (unpaired) electrons. The summed E-state index contributed by atoms with van der Waals surface area (Å²) in [7, 11) is 0. The van der Waals surface area contributed by atoms with E-state index in [1.54, 1.807) is 11.3 Å². The Morgan fingerprint density at radius 1 is 1.32 bits per heavy atom. The van der Waals surface area contributed by atoms with Gasteiger partial charge < -0.3 is 10.6 Å². The SMILES string of the molecule is CC(CC(C)(C)c1ccccc1)NC(=O)NCc1cn2ccsc2n1. The fraction of sp³-hybridized carbons (Fsp3) is 0.368. The molecule has 0 saturated carbocycles. The Kier molecular flexibility index (Phi) is 5.08. The molecule has 0 bridgehead atoms. The number of thiazole rings is 1. The van der Waals surface area contributed by atoms with Crippen LogP contribution in [0, 0.1) is 0 Å². The first-order chi connectivity index (χ1) is 11.9. The van der Waals surface area contributed by atoms with Gasteiger partial charge >= 0.3 is 6.03 Å². The predicted molar refractivity (Wildman–Crippen MR) is 102 cm³/mol. The van der Waals surface area contributed by atoms with Crippen molar-refractivity contribution in [1.82, 2.24) is 20.0 Å². The quantitative estimate of drug-likeness (QED) is 0.702. The number of nitrogens with zero attached hydrogens (tertiary/aromatic N) is 2. The number of aromatic nitrogens is 2. The molecule has 5 nitrogen and oxygen atoms in total. The van der Waals surface area contributed by atoms with E-state index in [9.17, 15) is 4.79 Å². The van der Waals surface area contributed by atoms with Gasteiger partial charge in [-0.1, -0.05) is 44.2 Å². The van der Waals surface area contributed by atoms with E-state index in [-0.39, 0.29) is 17.5 Å². The monoisotopic (exact) mass is 356 g/mol. The largest absolute Gasteiger partial charge is 0.336 e. The highest BCUT2D eigenvalue weighted by atomic mass is 32.1. The van der Waals surface area contributed by atoms with E-state index >= 15 is 0 Å². The molecule has 25 heavy (non-hydrogen) atoms. The average molecular weight is 356 g/mol. The number of urea groups is 1. The average Bonchev–Trinajstić information content (AvgIpc) is 3.14. The van der Waals surface area contributed by atoms with Crippen molar-refractivity contribution in [2.45, 2.75) is 45.2 Å². The normalized spacial score (nSPS) is 12.9. The zero-order valence-corrected chi connectivity index (χ0v) is 15.6. The Morgan fingerprint density at radius 2 is 2.08 bits per heavy atom. The molecule has 0 aliphatic heterocycles. The first-order valence-electron chi connectivity index (χ1n) is 8.45. The molecule has 3 aromatic rings. The highest BCUT2D eigenvalue weighted by Crippen LogP contribution is 2.28. The second-order valence-electron chi connectivity index (χ2n) is 7.01. The molecule has 0 aliphatic rings. The summed E-state index contributed by atoms with van der Waals surface area (Å²) in [6, 6.07) is 10.3. The number of carbonyl (C=O) groups is 1. The lowest BCUT2D eigenvalue weighted by Crippen LogP contribution is -2.42. The molecule has 1 aromatic carbocycles. The van der Waals surface area contributed by atoms with Gasteiger partial charge in [-0.05, 0) is 24.3 Å². The van der Waals surface area contributed by atoms with Gasteiger partial charge in [-0.15, -0.1) is 11.3 Å². The van der Waals surface area contributed by atoms with Crippen LogP contribution in [0.5, 0.6) is 0 Å². The second-order valence-corrected chi connectivity index (χ2v) is 7.88. The van der Waals surface area contributed by atoms with Crippen molar-refractivity contribution >= 4 is 22.3 Å². The summed E-state index contributed by atoms with van der Waals surface area (Å²) in [5.41, 5.74) is 2.14. The number of imidazole rings is 1. The van der Waals surface area contributed by atoms with Crippen LogP contribution in [0.2, 0.25) is 0 Å². The smallest absolute Gasteiger partial charge is 0.315 e. The third-order valence-electron chi connectivity index (χ3n) is 4.32. The second kappa shape index (κ2) is 7.27. The Bertz CT molecular complexity index is 809. The van der Waals surface area contributed by atoms with Gasteiger partial charge in [0.1, 0.15) is 0 Å². The zero-order chi connectivity index (χ0) is 17.9. The van der Waals surface area contributed by atoms with Crippen molar-refractivity contribution < 1.29 is 4.79 Å². The molecule has 2 N–H and O–H groups in total. The number of nitrogens with one attached hydrogen (secondary N) is 2. The van der Waals surface area contributed by atoms with Crippen molar-refractivity contribution in [3.05, 3.63) is 59.4 Å². The van der Waals surface area contributed by atoms with Crippen molar-refractivity contribution in [1.29, 1.82) is 0 Å². The van der Waals surface area contributed by atoms with Crippen molar-refractivity contribution in [2.24, 2.45) is 0 Å². The van der Waals surface area contributed by atoms with Gasteiger partial charge in [-0.3, -0.25) is 4.40 Å². The maximum Gasteiger partial charge on any atom is 0.315 e. The molecule has 0 spiro atoms. The topological polar surface area (TPSA) is 58.4 Å². The van der Waals surface area contributed by atoms with Crippen LogP contribution < -0.4 is 10.6 Å². The number of rotatable bonds is 6. The lowest BCUT2D eigenvalue weighted by Gasteiger charge is -2.29. The summed E-state index contributed by atoms with van der Waals surface area (Å²) < 4.78 is 1.96. The fourth-order valence-corrected chi connectivity index (χ4v) is 3.85. The minimum Gasteiger partial charge on any atom is -0.336 e. The summed E-state index contributed by atoms with van der Waals surface area (Å²) in [4.78, 5) is 17.6. The fourth-order valence-electron chi connectivity index (χ4n) is 3.13. The summed E-state index contributed by atoms with van der Waals surface area (Å²) in [5, 5.41) is 7.89. The molecule has 0 aliphatic carbocycles. The number of fused-ring (bicyclic) bond motifs is 1. The molecule has 1 unspecified atom stereocenters. The van der Waals surface area contributed by atoms with Gasteiger partial charge in [0.2, 0.25) is 0 Å². The van der Waals surface area contributed by atoms with Crippen LogP contribution >= 0.6 is 11.3 Å². The van der Waals surface area contributed by atoms with Crippen LogP contribution in [0.3, 0.4) is 0 Å². The van der Waals surface area contributed by atoms with E-state index in [2.05, 4.69) is 53.7 Å². The molecule has 2 aromatic heterocycles. The Balaban J connectivity index is 1.49. The van der Waals surface area contributed by atoms with E-state index in [1.807, 2.05) is 35.2 Å². The Hall–Kier alpha value is -2.34. The van der Waals surface area contributed by atoms with E-state index in [0.29, 0.717) is 6.54 Å². The maximum absolute atomic E-state index is 12.1. The summed E-state index contributed by atoms with van der Waals surface area (Å²) >= 11 is 1.58. The molecule has 132 valence electrons. The van der Waals surface area contributed by atoms with Gasteiger partial charge in [0.15, 0.2) is 4.96 Å². The first kappa shape index (κ1) is 17.5. The van der Waals surface area contributed by atoms with E-state index in [1.165, 1.54) is 5.56 Å². The Morgan fingerprint density at radius 3 is 2.80 bits per heavy atom. The van der Waals surface area contributed by atoms with E-state index in [4.69, 9.17) is 0 Å². The van der Waals surface area contributed by atoms with Gasteiger partial charge in [0.25, 0.3) is 0 Å². The van der Waals surface area contributed by atoms with Crippen LogP contribution in [0.25, 0.3) is 4.96 Å². The third kappa shape index (κ3) is 4.39. The standard InChI is InChI=1S/C19H24N4OS/c1-14(11-19(2,3)15-7-5-4-6-8-15)21-17(24)20-12-16-13-23-9-10-25-18(23)22-16/h4-10,13-14H,11-12H2,1-3H3,(H2,20,21,24). The van der Waals surface area contributed by atoms with Gasteiger partial charge in [-0.25, -0.2) is 9.78 Å². The lowest BCUT2D eigenvalue weighted by atomic mass is 9.79. The Labute approximate surface area is 152 Å². The lowest BCUT2D eigenvalue weighted by molar-refractivity contribution is 0.234. The number of benzene rings is 1. The maximum atomic E-state index is 12.1. The molecule has 2 heterocycles. The van der Waals surface area contributed by atoms with E-state index in [0.717, 1.165) is 17.1 Å². The van der Waals surface area contributed by atoms with Crippen LogP contribution in [0.4, 0.5) is 4.79 Å². The minimum absolute atomic E-state index is 0.00218. The number of hydrogen-bond donors (Lipinski definition) is 2. The van der Waals surface area contributed by atoms with Crippen LogP contribution in [0.15, 0.2) is 48.1 Å². The van der Waals surface area contributed by atoms with Gasteiger partial charge in [-0.2, -0.15) is 0 Å². The van der Waals surface area contributed by atoms with Crippen molar-refractivity contribution in [2.75, 3.05) is 0 Å². The molecule has 6 heteroatoms. The summed E-state index contributed by atoms with van der Waals surface area (Å²) in [6.07, 6.45) is 4.77. The van der Waals surface area contributed by atoms with Crippen LogP contribution in [0.1, 0.15) is 38.4 Å². The molecule has 1 atom stereocenters.